The molecule has 0 aromatic heterocycles. The van der Waals surface area contributed by atoms with E-state index >= 15 is 0 Å². The van der Waals surface area contributed by atoms with Gasteiger partial charge in [-0.3, -0.25) is 4.99 Å². The zero-order valence-corrected chi connectivity index (χ0v) is 6.73. The third kappa shape index (κ3) is 2.45. The van der Waals surface area contributed by atoms with Crippen molar-refractivity contribution in [2.75, 3.05) is 7.05 Å². The molecule has 0 N–H and O–H groups in total. The Morgan fingerprint density at radius 2 is 2.11 bits per heavy atom. The molecule has 0 fully saturated rings. The Bertz CT molecular complexity index is 132. The summed E-state index contributed by atoms with van der Waals surface area (Å²) in [5, 5.41) is 0. The first-order valence-corrected chi connectivity index (χ1v) is 3.35. The lowest BCUT2D eigenvalue weighted by Gasteiger charge is -1.99. The molecule has 0 spiro atoms. The molecule has 9 heavy (non-hydrogen) atoms. The quantitative estimate of drug-likeness (QED) is 0.503. The Kier molecular flexibility index (Phi) is 4.02. The van der Waals surface area contributed by atoms with Crippen molar-refractivity contribution in [2.45, 2.75) is 27.2 Å². The summed E-state index contributed by atoms with van der Waals surface area (Å²) >= 11 is 0. The second-order valence-corrected chi connectivity index (χ2v) is 2.00. The fourth-order valence-corrected chi connectivity index (χ4v) is 0.780. The Hall–Kier alpha value is -0.590. The van der Waals surface area contributed by atoms with E-state index in [1.807, 2.05) is 14.0 Å². The summed E-state index contributed by atoms with van der Waals surface area (Å²) in [5.41, 5.74) is 2.50. The molecule has 52 valence electrons. The van der Waals surface area contributed by atoms with Crippen molar-refractivity contribution >= 4 is 5.71 Å². The summed E-state index contributed by atoms with van der Waals surface area (Å²) in [5.74, 6) is 0. The van der Waals surface area contributed by atoms with Gasteiger partial charge >= 0.3 is 0 Å². The first kappa shape index (κ1) is 8.41. The number of nitrogens with zero attached hydrogens (tertiary/aromatic N) is 1. The van der Waals surface area contributed by atoms with E-state index in [9.17, 15) is 0 Å². The minimum atomic E-state index is 1.03. The summed E-state index contributed by atoms with van der Waals surface area (Å²) in [6.07, 6.45) is 3.12. The lowest BCUT2D eigenvalue weighted by molar-refractivity contribution is 1.23. The average molecular weight is 125 g/mol. The standard InChI is InChI=1S/C8H15N/c1-5-7(3)8(6-2)9-4/h5H,6H2,1-4H3/b7-5+,9-8?. The Morgan fingerprint density at radius 1 is 1.56 bits per heavy atom. The van der Waals surface area contributed by atoms with Crippen molar-refractivity contribution < 1.29 is 0 Å². The lowest BCUT2D eigenvalue weighted by atomic mass is 10.1. The zero-order chi connectivity index (χ0) is 7.28. The maximum absolute atomic E-state index is 4.13. The first-order chi connectivity index (χ1) is 4.26. The molecule has 0 bridgehead atoms. The largest absolute Gasteiger partial charge is 0.293 e. The molecule has 0 saturated carbocycles. The monoisotopic (exact) mass is 125 g/mol. The third-order valence-corrected chi connectivity index (χ3v) is 1.49. The van der Waals surface area contributed by atoms with E-state index in [2.05, 4.69) is 24.9 Å². The van der Waals surface area contributed by atoms with Crippen LogP contribution in [0.5, 0.6) is 0 Å². The third-order valence-electron chi connectivity index (χ3n) is 1.49. The molecule has 0 aromatic carbocycles. The summed E-state index contributed by atoms with van der Waals surface area (Å²) in [6.45, 7) is 6.25. The fourth-order valence-electron chi connectivity index (χ4n) is 0.780. The number of rotatable bonds is 2. The molecule has 0 atom stereocenters. The Balaban J connectivity index is 4.14. The number of hydrogen-bond donors (Lipinski definition) is 0. The van der Waals surface area contributed by atoms with Crippen LogP contribution in [0.4, 0.5) is 0 Å². The Labute approximate surface area is 57.5 Å². The summed E-state index contributed by atoms with van der Waals surface area (Å²) in [4.78, 5) is 4.13. The van der Waals surface area contributed by atoms with Crippen LogP contribution in [-0.4, -0.2) is 12.8 Å². The van der Waals surface area contributed by atoms with Crippen LogP contribution < -0.4 is 0 Å². The van der Waals surface area contributed by atoms with E-state index in [1.54, 1.807) is 0 Å². The van der Waals surface area contributed by atoms with Crippen molar-refractivity contribution in [2.24, 2.45) is 4.99 Å². The van der Waals surface area contributed by atoms with Gasteiger partial charge in [0.2, 0.25) is 0 Å². The zero-order valence-electron chi connectivity index (χ0n) is 6.73. The average Bonchev–Trinajstić information content (AvgIpc) is 1.90. The highest BCUT2D eigenvalue weighted by Gasteiger charge is 1.93. The number of allylic oxidation sites excluding steroid dienone is 2. The summed E-state index contributed by atoms with van der Waals surface area (Å²) in [7, 11) is 1.84. The topological polar surface area (TPSA) is 12.4 Å². The highest BCUT2D eigenvalue weighted by Crippen LogP contribution is 1.99. The molecular weight excluding hydrogens is 110 g/mol. The van der Waals surface area contributed by atoms with Crippen LogP contribution in [0.15, 0.2) is 16.6 Å². The number of hydrogen-bond acceptors (Lipinski definition) is 1. The molecule has 0 saturated heterocycles. The van der Waals surface area contributed by atoms with E-state index in [0.29, 0.717) is 0 Å². The van der Waals surface area contributed by atoms with Gasteiger partial charge in [0, 0.05) is 12.8 Å². The van der Waals surface area contributed by atoms with Crippen molar-refractivity contribution in [3.63, 3.8) is 0 Å². The van der Waals surface area contributed by atoms with Crippen LogP contribution in [0.2, 0.25) is 0 Å². The molecule has 0 unspecified atom stereocenters. The van der Waals surface area contributed by atoms with Gasteiger partial charge in [-0.15, -0.1) is 0 Å². The second kappa shape index (κ2) is 4.30. The minimum Gasteiger partial charge on any atom is -0.293 e. The molecule has 0 heterocycles. The minimum absolute atomic E-state index is 1.03. The van der Waals surface area contributed by atoms with Crippen molar-refractivity contribution in [3.8, 4) is 0 Å². The van der Waals surface area contributed by atoms with Gasteiger partial charge in [-0.25, -0.2) is 0 Å². The van der Waals surface area contributed by atoms with E-state index in [0.717, 1.165) is 6.42 Å². The van der Waals surface area contributed by atoms with Gasteiger partial charge in [0.25, 0.3) is 0 Å². The van der Waals surface area contributed by atoms with Crippen molar-refractivity contribution in [1.82, 2.24) is 0 Å². The molecule has 0 amide bonds. The van der Waals surface area contributed by atoms with Gasteiger partial charge in [0.1, 0.15) is 0 Å². The maximum Gasteiger partial charge on any atom is 0.0367 e. The molecular formula is C8H15N. The highest BCUT2D eigenvalue weighted by atomic mass is 14.7. The molecule has 0 aliphatic rings. The number of aliphatic imine (C=N–C) groups is 1. The van der Waals surface area contributed by atoms with Gasteiger partial charge in [0.15, 0.2) is 0 Å². The van der Waals surface area contributed by atoms with Gasteiger partial charge in [-0.2, -0.15) is 0 Å². The normalized spacial score (nSPS) is 14.2. The van der Waals surface area contributed by atoms with E-state index in [-0.39, 0.29) is 0 Å². The van der Waals surface area contributed by atoms with Crippen molar-refractivity contribution in [3.05, 3.63) is 11.6 Å². The molecule has 0 aliphatic heterocycles. The summed E-state index contributed by atoms with van der Waals surface area (Å²) < 4.78 is 0. The van der Waals surface area contributed by atoms with E-state index in [4.69, 9.17) is 0 Å². The molecule has 0 radical (unpaired) electrons. The van der Waals surface area contributed by atoms with Crippen LogP contribution in [-0.2, 0) is 0 Å². The van der Waals surface area contributed by atoms with Gasteiger partial charge in [-0.05, 0) is 25.8 Å². The Morgan fingerprint density at radius 3 is 2.22 bits per heavy atom. The second-order valence-electron chi connectivity index (χ2n) is 2.00. The fraction of sp³-hybridized carbons (Fsp3) is 0.625. The van der Waals surface area contributed by atoms with Crippen molar-refractivity contribution in [1.29, 1.82) is 0 Å². The SMILES string of the molecule is C/C=C(\C)C(CC)=NC. The summed E-state index contributed by atoms with van der Waals surface area (Å²) in [6, 6.07) is 0. The molecule has 0 aromatic rings. The predicted molar refractivity (Wildman–Crippen MR) is 43.1 cm³/mol. The van der Waals surface area contributed by atoms with E-state index in [1.165, 1.54) is 11.3 Å². The van der Waals surface area contributed by atoms with Crippen LogP contribution in [0.3, 0.4) is 0 Å². The van der Waals surface area contributed by atoms with Gasteiger partial charge in [0.05, 0.1) is 0 Å². The smallest absolute Gasteiger partial charge is 0.0367 e. The van der Waals surface area contributed by atoms with Gasteiger partial charge in [-0.1, -0.05) is 13.0 Å². The van der Waals surface area contributed by atoms with Crippen LogP contribution in [0, 0.1) is 0 Å². The highest BCUT2D eigenvalue weighted by molar-refractivity contribution is 5.99. The molecule has 1 heteroatoms. The van der Waals surface area contributed by atoms with Crippen LogP contribution >= 0.6 is 0 Å². The van der Waals surface area contributed by atoms with E-state index < -0.39 is 0 Å². The first-order valence-electron chi connectivity index (χ1n) is 3.35. The van der Waals surface area contributed by atoms with Crippen LogP contribution in [0.1, 0.15) is 27.2 Å². The molecule has 0 rings (SSSR count). The maximum atomic E-state index is 4.13. The van der Waals surface area contributed by atoms with Gasteiger partial charge < -0.3 is 0 Å². The lowest BCUT2D eigenvalue weighted by Crippen LogP contribution is -1.96. The molecule has 0 aliphatic carbocycles. The van der Waals surface area contributed by atoms with Crippen LogP contribution in [0.25, 0.3) is 0 Å². The molecule has 1 nitrogen and oxygen atoms in total. The predicted octanol–water partition coefficient (Wildman–Crippen LogP) is 2.43.